The molecule has 17 aromatic carbocycles. The number of halogens is 1. The van der Waals surface area contributed by atoms with Crippen molar-refractivity contribution >= 4 is 55.7 Å². The van der Waals surface area contributed by atoms with E-state index in [1.165, 1.54) is 116 Å². The van der Waals surface area contributed by atoms with Gasteiger partial charge in [-0.15, -0.1) is 0 Å². The zero-order valence-electron chi connectivity index (χ0n) is 56.1. The zero-order chi connectivity index (χ0) is 68.2. The Labute approximate surface area is 596 Å². The fourth-order valence-electron chi connectivity index (χ4n) is 15.4. The molecule has 1 aliphatic rings. The van der Waals surface area contributed by atoms with Crippen molar-refractivity contribution in [1.82, 2.24) is 0 Å². The van der Waals surface area contributed by atoms with E-state index >= 15 is 0 Å². The molecule has 0 fully saturated rings. The number of fused-ring (bicyclic) bond motifs is 5. The van der Waals surface area contributed by atoms with Gasteiger partial charge in [0.25, 0.3) is 0 Å². The summed E-state index contributed by atoms with van der Waals surface area (Å²) in [7, 11) is 0. The van der Waals surface area contributed by atoms with Crippen molar-refractivity contribution in [2.45, 2.75) is 5.41 Å². The molecule has 482 valence electrons. The van der Waals surface area contributed by atoms with Gasteiger partial charge < -0.3 is 9.80 Å². The van der Waals surface area contributed by atoms with Crippen molar-refractivity contribution < 1.29 is 4.39 Å². The van der Waals surface area contributed by atoms with Crippen LogP contribution in [-0.4, -0.2) is 0 Å². The van der Waals surface area contributed by atoms with E-state index in [1.54, 1.807) is 12.1 Å². The van der Waals surface area contributed by atoms with Crippen LogP contribution in [0.15, 0.2) is 419 Å². The molecule has 102 heavy (non-hydrogen) atoms. The molecule has 3 heteroatoms. The highest BCUT2D eigenvalue weighted by Crippen LogP contribution is 2.57. The minimum absolute atomic E-state index is 0.263. The number of hydrogen-bond donors (Lipinski definition) is 0. The maximum absolute atomic E-state index is 14.5. The number of benzene rings is 17. The van der Waals surface area contributed by atoms with Crippen LogP contribution in [0.2, 0.25) is 0 Å². The SMILES string of the molecule is Fc1ccc(N(c2ccc(-c3cccc4cccc(-c5ccccc5)c34)cc2)c2ccc3c(c2)C(c2ccccc2)(c2ccccc2)c2ccccc2-3)cc1.c1ccc(-c2ccc(N(c3ccccc3)c3ccc(-c4ccc(-c5cccc6cccc(-c7ccccc7)c56)cc4)cc3)cc2)cc1. The van der Waals surface area contributed by atoms with Crippen molar-refractivity contribution in [3.8, 4) is 77.9 Å². The molecule has 0 aliphatic heterocycles. The Morgan fingerprint density at radius 2 is 0.461 bits per heavy atom. The molecule has 0 bridgehead atoms. The summed E-state index contributed by atoms with van der Waals surface area (Å²) in [6, 6.07) is 148. The smallest absolute Gasteiger partial charge is 0.123 e. The summed E-state index contributed by atoms with van der Waals surface area (Å²) in [4.78, 5) is 4.55. The van der Waals surface area contributed by atoms with E-state index in [0.29, 0.717) is 0 Å². The summed E-state index contributed by atoms with van der Waals surface area (Å²) in [5.41, 5.74) is 27.6. The van der Waals surface area contributed by atoms with Gasteiger partial charge in [-0.05, 0) is 207 Å². The van der Waals surface area contributed by atoms with Crippen LogP contribution in [0, 0.1) is 5.82 Å². The van der Waals surface area contributed by atoms with Gasteiger partial charge in [-0.3, -0.25) is 0 Å². The Kier molecular flexibility index (Phi) is 16.9. The lowest BCUT2D eigenvalue weighted by Gasteiger charge is -2.35. The standard InChI is InChI=1S/C53H36FN.C46H33N/c54-42-28-32-44(33-29-42)55(43-30-26-38(27-31-43)47-24-13-17-39-16-12-23-46(52(39)47)37-14-4-1-5-15-37)45-34-35-49-48-22-10-11-25-50(48)53(51(49)36-45,40-18-6-2-7-19-40)41-20-8-3-9-21-41;1-4-12-34(13-5-1)36-26-30-42(31-27-36)47(41-18-8-3-9-19-41)43-32-28-37(29-33-43)35-22-24-39(25-23-35)45-21-11-17-40-16-10-20-44(46(40)45)38-14-6-2-7-15-38/h1-36H;1-33H. The molecule has 18 rings (SSSR count). The molecule has 0 unspecified atom stereocenters. The molecular weight excluding hydrogens is 1240 g/mol. The fraction of sp³-hybridized carbons (Fsp3) is 0.0101. The molecule has 0 atom stereocenters. The normalized spacial score (nSPS) is 11.9. The van der Waals surface area contributed by atoms with Gasteiger partial charge >= 0.3 is 0 Å². The molecule has 17 aromatic rings. The van der Waals surface area contributed by atoms with Gasteiger partial charge in [0.2, 0.25) is 0 Å². The number of para-hydroxylation sites is 1. The Hall–Kier alpha value is -13.2. The maximum Gasteiger partial charge on any atom is 0.123 e. The molecule has 0 radical (unpaired) electrons. The minimum atomic E-state index is -0.534. The molecule has 0 N–H and O–H groups in total. The van der Waals surface area contributed by atoms with E-state index in [0.717, 1.165) is 39.7 Å². The molecular formula is C99H69FN2. The van der Waals surface area contributed by atoms with Crippen molar-refractivity contribution in [3.05, 3.63) is 447 Å². The van der Waals surface area contributed by atoms with Crippen molar-refractivity contribution in [1.29, 1.82) is 0 Å². The Morgan fingerprint density at radius 3 is 0.892 bits per heavy atom. The largest absolute Gasteiger partial charge is 0.311 e. The summed E-state index contributed by atoms with van der Waals surface area (Å²) < 4.78 is 14.5. The quantitative estimate of drug-likeness (QED) is 0.107. The summed E-state index contributed by atoms with van der Waals surface area (Å²) >= 11 is 0. The molecule has 0 saturated heterocycles. The highest BCUT2D eigenvalue weighted by atomic mass is 19.1. The van der Waals surface area contributed by atoms with Crippen LogP contribution >= 0.6 is 0 Å². The first-order chi connectivity index (χ1) is 50.5. The monoisotopic (exact) mass is 1300 g/mol. The molecule has 0 heterocycles. The summed E-state index contributed by atoms with van der Waals surface area (Å²) in [6.07, 6.45) is 0. The first-order valence-electron chi connectivity index (χ1n) is 34.9. The third-order valence-corrected chi connectivity index (χ3v) is 20.1. The predicted octanol–water partition coefficient (Wildman–Crippen LogP) is 27.1. The molecule has 0 amide bonds. The highest BCUT2D eigenvalue weighted by molar-refractivity contribution is 6.08. The third kappa shape index (κ3) is 11.8. The van der Waals surface area contributed by atoms with Gasteiger partial charge in [0.05, 0.1) is 5.41 Å². The molecule has 0 spiro atoms. The predicted molar refractivity (Wildman–Crippen MR) is 427 cm³/mol. The Bertz CT molecular complexity index is 5700. The lowest BCUT2D eigenvalue weighted by molar-refractivity contribution is 0.628. The van der Waals surface area contributed by atoms with Crippen LogP contribution in [0.1, 0.15) is 22.3 Å². The summed E-state index contributed by atoms with van der Waals surface area (Å²) in [6.45, 7) is 0. The van der Waals surface area contributed by atoms with Crippen LogP contribution in [0.3, 0.4) is 0 Å². The second kappa shape index (κ2) is 27.6. The first kappa shape index (κ1) is 62.3. The molecule has 2 nitrogen and oxygen atoms in total. The van der Waals surface area contributed by atoms with Crippen LogP contribution in [0.4, 0.5) is 38.5 Å². The maximum atomic E-state index is 14.5. The Balaban J connectivity index is 0.000000154. The van der Waals surface area contributed by atoms with Crippen molar-refractivity contribution in [3.63, 3.8) is 0 Å². The van der Waals surface area contributed by atoms with Gasteiger partial charge in [0, 0.05) is 34.1 Å². The summed E-state index contributed by atoms with van der Waals surface area (Å²) in [5.74, 6) is -0.263. The van der Waals surface area contributed by atoms with Gasteiger partial charge in [0.1, 0.15) is 5.82 Å². The van der Waals surface area contributed by atoms with Crippen LogP contribution in [-0.2, 0) is 5.41 Å². The van der Waals surface area contributed by atoms with E-state index in [9.17, 15) is 4.39 Å². The average Bonchev–Trinajstić information content (AvgIpc) is 1.53. The third-order valence-electron chi connectivity index (χ3n) is 20.1. The summed E-state index contributed by atoms with van der Waals surface area (Å²) in [5, 5.41) is 4.98. The highest BCUT2D eigenvalue weighted by Gasteiger charge is 2.46. The second-order valence-corrected chi connectivity index (χ2v) is 26.0. The second-order valence-electron chi connectivity index (χ2n) is 26.0. The van der Waals surface area contributed by atoms with Gasteiger partial charge in [0.15, 0.2) is 0 Å². The number of anilines is 6. The lowest BCUT2D eigenvalue weighted by atomic mass is 9.67. The van der Waals surface area contributed by atoms with Crippen LogP contribution in [0.25, 0.3) is 99.4 Å². The number of nitrogens with zero attached hydrogens (tertiary/aromatic N) is 2. The van der Waals surface area contributed by atoms with Gasteiger partial charge in [-0.25, -0.2) is 4.39 Å². The minimum Gasteiger partial charge on any atom is -0.311 e. The zero-order valence-corrected chi connectivity index (χ0v) is 56.1. The topological polar surface area (TPSA) is 6.48 Å². The lowest BCUT2D eigenvalue weighted by Crippen LogP contribution is -2.28. The van der Waals surface area contributed by atoms with Crippen molar-refractivity contribution in [2.75, 3.05) is 9.80 Å². The average molecular weight is 1310 g/mol. The molecule has 0 aromatic heterocycles. The van der Waals surface area contributed by atoms with Gasteiger partial charge in [-0.2, -0.15) is 0 Å². The fourth-order valence-corrected chi connectivity index (χ4v) is 15.4. The van der Waals surface area contributed by atoms with Gasteiger partial charge in [-0.1, -0.05) is 334 Å². The van der Waals surface area contributed by atoms with Crippen molar-refractivity contribution in [2.24, 2.45) is 0 Å². The first-order valence-corrected chi connectivity index (χ1v) is 34.9. The Morgan fingerprint density at radius 1 is 0.186 bits per heavy atom. The van der Waals surface area contributed by atoms with E-state index in [4.69, 9.17) is 0 Å². The van der Waals surface area contributed by atoms with Crippen LogP contribution < -0.4 is 9.80 Å². The molecule has 0 saturated carbocycles. The number of hydrogen-bond acceptors (Lipinski definition) is 2. The molecule has 1 aliphatic carbocycles. The van der Waals surface area contributed by atoms with E-state index in [2.05, 4.69) is 404 Å². The van der Waals surface area contributed by atoms with E-state index < -0.39 is 5.41 Å². The van der Waals surface area contributed by atoms with Crippen LogP contribution in [0.5, 0.6) is 0 Å². The van der Waals surface area contributed by atoms with E-state index in [-0.39, 0.29) is 5.82 Å². The number of rotatable bonds is 14. The van der Waals surface area contributed by atoms with E-state index in [1.807, 2.05) is 12.1 Å².